The van der Waals surface area contributed by atoms with Crippen molar-refractivity contribution < 1.29 is 0 Å². The van der Waals surface area contributed by atoms with E-state index in [1.807, 2.05) is 0 Å². The van der Waals surface area contributed by atoms with E-state index in [2.05, 4.69) is 12.4 Å². The lowest BCUT2D eigenvalue weighted by atomic mass is 10.1. The molecule has 1 heteroatoms. The van der Waals surface area contributed by atoms with E-state index in [0.717, 1.165) is 17.8 Å². The van der Waals surface area contributed by atoms with E-state index < -0.39 is 0 Å². The lowest BCUT2D eigenvalue weighted by molar-refractivity contribution is 0.460. The van der Waals surface area contributed by atoms with Crippen LogP contribution in [0.3, 0.4) is 0 Å². The van der Waals surface area contributed by atoms with Gasteiger partial charge in [-0.25, -0.2) is 0 Å². The smallest absolute Gasteiger partial charge is 0.0244 e. The van der Waals surface area contributed by atoms with Crippen LogP contribution < -0.4 is 5.32 Å². The largest absolute Gasteiger partial charge is 0.314 e. The minimum Gasteiger partial charge on any atom is -0.314 e. The van der Waals surface area contributed by atoms with Crippen molar-refractivity contribution in [2.24, 2.45) is 17.8 Å². The highest BCUT2D eigenvalue weighted by atomic mass is 15.1. The van der Waals surface area contributed by atoms with Gasteiger partial charge in [-0.1, -0.05) is 0 Å². The van der Waals surface area contributed by atoms with Gasteiger partial charge in [-0.3, -0.25) is 0 Å². The molecule has 3 aliphatic rings. The van der Waals surface area contributed by atoms with Gasteiger partial charge in [-0.05, 0) is 50.5 Å². The summed E-state index contributed by atoms with van der Waals surface area (Å²) in [5.41, 5.74) is 0.670. The Balaban J connectivity index is 1.96. The van der Waals surface area contributed by atoms with Crippen LogP contribution in [0.2, 0.25) is 0 Å². The van der Waals surface area contributed by atoms with Crippen LogP contribution >= 0.6 is 0 Å². The second-order valence-corrected chi connectivity index (χ2v) is 4.30. The van der Waals surface area contributed by atoms with Crippen molar-refractivity contribution in [3.05, 3.63) is 0 Å². The molecule has 0 radical (unpaired) electrons. The summed E-state index contributed by atoms with van der Waals surface area (Å²) in [6.45, 7) is 0. The predicted molar refractivity (Wildman–Crippen MR) is 40.7 cm³/mol. The van der Waals surface area contributed by atoms with Gasteiger partial charge in [0.25, 0.3) is 0 Å². The van der Waals surface area contributed by atoms with Crippen LogP contribution in [0.25, 0.3) is 0 Å². The summed E-state index contributed by atoms with van der Waals surface area (Å²) in [6.07, 6.45) is 6.06. The van der Waals surface area contributed by atoms with Crippen molar-refractivity contribution >= 4 is 0 Å². The molecule has 3 rings (SSSR count). The van der Waals surface area contributed by atoms with E-state index in [-0.39, 0.29) is 0 Å². The molecule has 0 aromatic heterocycles. The summed E-state index contributed by atoms with van der Waals surface area (Å²) in [5.74, 6) is 3.33. The molecule has 0 saturated heterocycles. The van der Waals surface area contributed by atoms with Gasteiger partial charge in [0.15, 0.2) is 0 Å². The molecule has 1 nitrogen and oxygen atoms in total. The van der Waals surface area contributed by atoms with Gasteiger partial charge in [0.1, 0.15) is 0 Å². The molecule has 56 valence electrons. The third-order valence-electron chi connectivity index (χ3n) is 4.33. The van der Waals surface area contributed by atoms with Crippen LogP contribution in [-0.2, 0) is 0 Å². The average Bonchev–Trinajstić information content (AvgIpc) is 2.31. The van der Waals surface area contributed by atoms with E-state index in [0.29, 0.717) is 5.54 Å². The summed E-state index contributed by atoms with van der Waals surface area (Å²) in [5, 5.41) is 3.55. The number of fused-ring (bicyclic) bond motifs is 1. The van der Waals surface area contributed by atoms with Crippen molar-refractivity contribution in [3.8, 4) is 0 Å². The lowest BCUT2D eigenvalue weighted by Gasteiger charge is -2.12. The highest BCUT2D eigenvalue weighted by Gasteiger charge is 2.71. The Kier molecular flexibility index (Phi) is 0.797. The molecule has 0 bridgehead atoms. The molecule has 10 heavy (non-hydrogen) atoms. The quantitative estimate of drug-likeness (QED) is 0.576. The molecular weight excluding hydrogens is 122 g/mol. The van der Waals surface area contributed by atoms with Crippen molar-refractivity contribution in [1.82, 2.24) is 5.32 Å². The summed E-state index contributed by atoms with van der Waals surface area (Å²) in [4.78, 5) is 0. The zero-order valence-corrected chi connectivity index (χ0v) is 6.56. The van der Waals surface area contributed by atoms with Gasteiger partial charge >= 0.3 is 0 Å². The van der Waals surface area contributed by atoms with Crippen molar-refractivity contribution in [3.63, 3.8) is 0 Å². The fourth-order valence-corrected chi connectivity index (χ4v) is 3.89. The summed E-state index contributed by atoms with van der Waals surface area (Å²) >= 11 is 0. The van der Waals surface area contributed by atoms with Crippen LogP contribution in [0.1, 0.15) is 25.7 Å². The van der Waals surface area contributed by atoms with Crippen LogP contribution in [0.15, 0.2) is 0 Å². The van der Waals surface area contributed by atoms with Crippen LogP contribution in [-0.4, -0.2) is 12.6 Å². The molecule has 3 saturated carbocycles. The van der Waals surface area contributed by atoms with Gasteiger partial charge in [-0.15, -0.1) is 0 Å². The maximum atomic E-state index is 3.55. The molecule has 3 aliphatic carbocycles. The maximum Gasteiger partial charge on any atom is 0.0244 e. The van der Waals surface area contributed by atoms with Crippen LogP contribution in [0.5, 0.6) is 0 Å². The molecular formula is C9H15N. The monoisotopic (exact) mass is 137 g/mol. The van der Waals surface area contributed by atoms with Crippen LogP contribution in [0, 0.1) is 17.8 Å². The molecule has 3 fully saturated rings. The Morgan fingerprint density at radius 3 is 2.80 bits per heavy atom. The summed E-state index contributed by atoms with van der Waals surface area (Å²) in [7, 11) is 2.15. The molecule has 0 aromatic rings. The third-order valence-corrected chi connectivity index (χ3v) is 4.33. The van der Waals surface area contributed by atoms with Gasteiger partial charge in [0, 0.05) is 5.54 Å². The zero-order chi connectivity index (χ0) is 6.77. The molecule has 1 N–H and O–H groups in total. The van der Waals surface area contributed by atoms with E-state index in [4.69, 9.17) is 0 Å². The number of nitrogens with one attached hydrogen (secondary N) is 1. The van der Waals surface area contributed by atoms with Gasteiger partial charge in [0.05, 0.1) is 0 Å². The highest BCUT2D eigenvalue weighted by molar-refractivity contribution is 5.26. The fraction of sp³-hybridized carbons (Fsp3) is 1.00. The number of hydrogen-bond donors (Lipinski definition) is 1. The standard InChI is InChI=1S/C9H15N/c1-10-9-5-4-6-2-3-7(9)8(6)9/h6-8,10H,2-5H2,1H3. The fourth-order valence-electron chi connectivity index (χ4n) is 3.89. The molecule has 4 unspecified atom stereocenters. The zero-order valence-electron chi connectivity index (χ0n) is 6.56. The third kappa shape index (κ3) is 0.378. The Bertz CT molecular complexity index is 178. The SMILES string of the molecule is CNC12CCC3CCC1C32. The summed E-state index contributed by atoms with van der Waals surface area (Å²) in [6, 6.07) is 0. The first-order valence-corrected chi connectivity index (χ1v) is 4.57. The highest BCUT2D eigenvalue weighted by Crippen LogP contribution is 2.70. The minimum atomic E-state index is 0.670. The predicted octanol–water partition coefficient (Wildman–Crippen LogP) is 1.39. The second kappa shape index (κ2) is 1.42. The molecule has 0 amide bonds. The van der Waals surface area contributed by atoms with E-state index >= 15 is 0 Å². The summed E-state index contributed by atoms with van der Waals surface area (Å²) < 4.78 is 0. The Labute approximate surface area is 62.2 Å². The van der Waals surface area contributed by atoms with Crippen LogP contribution in [0.4, 0.5) is 0 Å². The van der Waals surface area contributed by atoms with Gasteiger partial charge in [-0.2, -0.15) is 0 Å². The van der Waals surface area contributed by atoms with E-state index in [9.17, 15) is 0 Å². The van der Waals surface area contributed by atoms with Crippen molar-refractivity contribution in [2.75, 3.05) is 7.05 Å². The molecule has 0 spiro atoms. The number of rotatable bonds is 1. The normalized spacial score (nSPS) is 62.7. The Hall–Kier alpha value is -0.0400. The van der Waals surface area contributed by atoms with Crippen molar-refractivity contribution in [1.29, 1.82) is 0 Å². The average molecular weight is 137 g/mol. The first kappa shape index (κ1) is 5.59. The minimum absolute atomic E-state index is 0.670. The van der Waals surface area contributed by atoms with E-state index in [1.54, 1.807) is 6.42 Å². The van der Waals surface area contributed by atoms with E-state index in [1.165, 1.54) is 19.3 Å². The first-order valence-electron chi connectivity index (χ1n) is 4.57. The van der Waals surface area contributed by atoms with Crippen molar-refractivity contribution in [2.45, 2.75) is 31.2 Å². The Morgan fingerprint density at radius 1 is 1.30 bits per heavy atom. The first-order chi connectivity index (χ1) is 4.88. The topological polar surface area (TPSA) is 12.0 Å². The van der Waals surface area contributed by atoms with Gasteiger partial charge in [0.2, 0.25) is 0 Å². The molecule has 0 aromatic carbocycles. The molecule has 0 heterocycles. The maximum absolute atomic E-state index is 3.55. The number of hydrogen-bond acceptors (Lipinski definition) is 1. The second-order valence-electron chi connectivity index (χ2n) is 4.30. The Morgan fingerprint density at radius 2 is 2.20 bits per heavy atom. The van der Waals surface area contributed by atoms with Gasteiger partial charge < -0.3 is 5.32 Å². The molecule has 0 aliphatic heterocycles. The lowest BCUT2D eigenvalue weighted by Crippen LogP contribution is -2.29. The molecule has 4 atom stereocenters.